The molecular weight excluding hydrogens is 160 g/mol. The molecule has 13 heavy (non-hydrogen) atoms. The monoisotopic (exact) mass is 172 g/mol. The van der Waals surface area contributed by atoms with E-state index < -0.39 is 0 Å². The number of para-hydroxylation sites is 1. The molecule has 0 bridgehead atoms. The van der Waals surface area contributed by atoms with E-state index >= 15 is 0 Å². The number of nitrogens with one attached hydrogen (secondary N) is 1. The summed E-state index contributed by atoms with van der Waals surface area (Å²) in [5.74, 6) is 0.574. The van der Waals surface area contributed by atoms with E-state index in [0.717, 1.165) is 24.2 Å². The van der Waals surface area contributed by atoms with E-state index in [2.05, 4.69) is 24.4 Å². The number of nitriles is 1. The second-order valence-corrected chi connectivity index (χ2v) is 3.50. The summed E-state index contributed by atoms with van der Waals surface area (Å²) >= 11 is 0. The lowest BCUT2D eigenvalue weighted by Crippen LogP contribution is -2.15. The molecule has 0 radical (unpaired) electrons. The Bertz CT molecular complexity index is 363. The number of rotatable bonds is 0. The predicted octanol–water partition coefficient (Wildman–Crippen LogP) is 2.48. The second-order valence-electron chi connectivity index (χ2n) is 3.50. The smallest absolute Gasteiger partial charge is 0.101 e. The molecular formula is C11H12N2. The first-order valence-electron chi connectivity index (χ1n) is 4.60. The molecule has 66 valence electrons. The lowest BCUT2D eigenvalue weighted by molar-refractivity contribution is 0.683. The fourth-order valence-electron chi connectivity index (χ4n) is 1.84. The summed E-state index contributed by atoms with van der Waals surface area (Å²) in [6.45, 7) is 3.19. The highest BCUT2D eigenvalue weighted by Crippen LogP contribution is 2.33. The standard InChI is InChI=1S/C11H12N2/c1-8-5-6-13-11-9(7-12)3-2-4-10(8)11/h2-4,8,13H,5-6H2,1H3. The lowest BCUT2D eigenvalue weighted by atomic mass is 9.91. The molecule has 1 aromatic rings. The summed E-state index contributed by atoms with van der Waals surface area (Å²) in [5, 5.41) is 12.2. The Morgan fingerprint density at radius 3 is 3.15 bits per heavy atom. The Kier molecular flexibility index (Phi) is 1.94. The first-order chi connectivity index (χ1) is 6.33. The van der Waals surface area contributed by atoms with Gasteiger partial charge in [-0.15, -0.1) is 0 Å². The molecule has 1 aliphatic rings. The van der Waals surface area contributed by atoms with Gasteiger partial charge in [0.1, 0.15) is 6.07 Å². The summed E-state index contributed by atoms with van der Waals surface area (Å²) in [4.78, 5) is 0. The molecule has 1 unspecified atom stereocenters. The molecule has 1 aromatic carbocycles. The van der Waals surface area contributed by atoms with Crippen LogP contribution in [0.4, 0.5) is 5.69 Å². The molecule has 0 saturated heterocycles. The summed E-state index contributed by atoms with van der Waals surface area (Å²) in [6.07, 6.45) is 1.15. The first kappa shape index (κ1) is 8.12. The molecule has 1 N–H and O–H groups in total. The first-order valence-corrected chi connectivity index (χ1v) is 4.60. The third kappa shape index (κ3) is 1.27. The SMILES string of the molecule is CC1CCNc2c(C#N)cccc21. The van der Waals surface area contributed by atoms with Crippen molar-refractivity contribution in [3.8, 4) is 6.07 Å². The quantitative estimate of drug-likeness (QED) is 0.652. The van der Waals surface area contributed by atoms with Gasteiger partial charge in [0.05, 0.1) is 11.3 Å². The maximum absolute atomic E-state index is 8.89. The van der Waals surface area contributed by atoms with Gasteiger partial charge in [0, 0.05) is 6.54 Å². The van der Waals surface area contributed by atoms with Gasteiger partial charge in [-0.1, -0.05) is 19.1 Å². The van der Waals surface area contributed by atoms with E-state index in [1.807, 2.05) is 12.1 Å². The van der Waals surface area contributed by atoms with Crippen LogP contribution in [-0.4, -0.2) is 6.54 Å². The topological polar surface area (TPSA) is 35.8 Å². The van der Waals surface area contributed by atoms with Gasteiger partial charge < -0.3 is 5.32 Å². The summed E-state index contributed by atoms with van der Waals surface area (Å²) in [6, 6.07) is 8.14. The highest BCUT2D eigenvalue weighted by atomic mass is 14.9. The van der Waals surface area contributed by atoms with Crippen LogP contribution in [0.15, 0.2) is 18.2 Å². The van der Waals surface area contributed by atoms with Gasteiger partial charge in [0.25, 0.3) is 0 Å². The van der Waals surface area contributed by atoms with Crippen LogP contribution in [-0.2, 0) is 0 Å². The van der Waals surface area contributed by atoms with Crippen LogP contribution in [0.25, 0.3) is 0 Å². The Hall–Kier alpha value is -1.49. The Balaban J connectivity index is 2.56. The maximum atomic E-state index is 8.89. The van der Waals surface area contributed by atoms with Gasteiger partial charge in [-0.25, -0.2) is 0 Å². The van der Waals surface area contributed by atoms with Crippen LogP contribution in [0, 0.1) is 11.3 Å². The highest BCUT2D eigenvalue weighted by molar-refractivity contribution is 5.64. The van der Waals surface area contributed by atoms with Crippen LogP contribution in [0.3, 0.4) is 0 Å². The van der Waals surface area contributed by atoms with Gasteiger partial charge >= 0.3 is 0 Å². The molecule has 0 saturated carbocycles. The van der Waals surface area contributed by atoms with E-state index in [1.54, 1.807) is 0 Å². The van der Waals surface area contributed by atoms with Gasteiger partial charge in [-0.3, -0.25) is 0 Å². The molecule has 0 fully saturated rings. The van der Waals surface area contributed by atoms with Crippen LogP contribution < -0.4 is 5.32 Å². The normalized spacial score (nSPS) is 19.8. The number of benzene rings is 1. The van der Waals surface area contributed by atoms with Gasteiger partial charge in [-0.2, -0.15) is 5.26 Å². The van der Waals surface area contributed by atoms with E-state index in [4.69, 9.17) is 5.26 Å². The minimum atomic E-state index is 0.574. The van der Waals surface area contributed by atoms with Crippen molar-refractivity contribution in [2.45, 2.75) is 19.3 Å². The van der Waals surface area contributed by atoms with E-state index in [0.29, 0.717) is 5.92 Å². The van der Waals surface area contributed by atoms with E-state index in [9.17, 15) is 0 Å². The van der Waals surface area contributed by atoms with Crippen molar-refractivity contribution in [1.29, 1.82) is 5.26 Å². The molecule has 0 amide bonds. The van der Waals surface area contributed by atoms with Crippen molar-refractivity contribution in [1.82, 2.24) is 0 Å². The fourth-order valence-corrected chi connectivity index (χ4v) is 1.84. The minimum Gasteiger partial charge on any atom is -0.384 e. The summed E-state index contributed by atoms with van der Waals surface area (Å²) in [5.41, 5.74) is 3.10. The lowest BCUT2D eigenvalue weighted by Gasteiger charge is -2.24. The van der Waals surface area contributed by atoms with Gasteiger partial charge in [0.2, 0.25) is 0 Å². The number of nitrogens with zero attached hydrogens (tertiary/aromatic N) is 1. The molecule has 0 spiro atoms. The number of hydrogen-bond acceptors (Lipinski definition) is 2. The van der Waals surface area contributed by atoms with Gasteiger partial charge in [-0.05, 0) is 24.0 Å². The van der Waals surface area contributed by atoms with Crippen molar-refractivity contribution < 1.29 is 0 Å². The summed E-state index contributed by atoms with van der Waals surface area (Å²) in [7, 11) is 0. The molecule has 1 aliphatic heterocycles. The predicted molar refractivity (Wildman–Crippen MR) is 52.7 cm³/mol. The summed E-state index contributed by atoms with van der Waals surface area (Å²) < 4.78 is 0. The van der Waals surface area contributed by atoms with Crippen molar-refractivity contribution in [3.63, 3.8) is 0 Å². The minimum absolute atomic E-state index is 0.574. The van der Waals surface area contributed by atoms with Crippen LogP contribution >= 0.6 is 0 Å². The van der Waals surface area contributed by atoms with Gasteiger partial charge in [0.15, 0.2) is 0 Å². The molecule has 2 rings (SSSR count). The Labute approximate surface area is 78.2 Å². The fraction of sp³-hybridized carbons (Fsp3) is 0.364. The number of anilines is 1. The second kappa shape index (κ2) is 3.10. The average Bonchev–Trinajstić information content (AvgIpc) is 2.18. The van der Waals surface area contributed by atoms with Crippen LogP contribution in [0.1, 0.15) is 30.4 Å². The van der Waals surface area contributed by atoms with Crippen molar-refractivity contribution in [2.75, 3.05) is 11.9 Å². The Morgan fingerprint density at radius 1 is 1.54 bits per heavy atom. The van der Waals surface area contributed by atoms with Crippen molar-refractivity contribution in [3.05, 3.63) is 29.3 Å². The molecule has 1 atom stereocenters. The molecule has 0 aromatic heterocycles. The molecule has 0 aliphatic carbocycles. The Morgan fingerprint density at radius 2 is 2.38 bits per heavy atom. The maximum Gasteiger partial charge on any atom is 0.101 e. The van der Waals surface area contributed by atoms with Crippen LogP contribution in [0.2, 0.25) is 0 Å². The van der Waals surface area contributed by atoms with Crippen LogP contribution in [0.5, 0.6) is 0 Å². The van der Waals surface area contributed by atoms with E-state index in [-0.39, 0.29) is 0 Å². The molecule has 2 heteroatoms. The third-order valence-electron chi connectivity index (χ3n) is 2.63. The van der Waals surface area contributed by atoms with Crippen molar-refractivity contribution >= 4 is 5.69 Å². The zero-order valence-corrected chi connectivity index (χ0v) is 7.67. The zero-order chi connectivity index (χ0) is 9.26. The average molecular weight is 172 g/mol. The third-order valence-corrected chi connectivity index (χ3v) is 2.63. The molecule has 2 nitrogen and oxygen atoms in total. The highest BCUT2D eigenvalue weighted by Gasteiger charge is 2.17. The number of hydrogen-bond donors (Lipinski definition) is 1. The largest absolute Gasteiger partial charge is 0.384 e. The molecule has 1 heterocycles. The van der Waals surface area contributed by atoms with Crippen molar-refractivity contribution in [2.24, 2.45) is 0 Å². The zero-order valence-electron chi connectivity index (χ0n) is 7.67. The van der Waals surface area contributed by atoms with E-state index in [1.165, 1.54) is 5.56 Å². The number of fused-ring (bicyclic) bond motifs is 1.